The van der Waals surface area contributed by atoms with E-state index in [1.165, 1.54) is 0 Å². The topological polar surface area (TPSA) is 22.9 Å². The molecule has 2 atom stereocenters. The first-order valence-corrected chi connectivity index (χ1v) is 8.28. The summed E-state index contributed by atoms with van der Waals surface area (Å²) < 4.78 is 12.5. The van der Waals surface area contributed by atoms with Crippen LogP contribution in [0.4, 0.5) is 0 Å². The molecule has 1 heterocycles. The molecule has 1 N–H and O–H groups in total. The van der Waals surface area contributed by atoms with Gasteiger partial charge in [0, 0.05) is 10.9 Å². The van der Waals surface area contributed by atoms with Crippen molar-refractivity contribution in [1.29, 1.82) is 0 Å². The summed E-state index contributed by atoms with van der Waals surface area (Å²) in [5.41, 5.74) is 0. The van der Waals surface area contributed by atoms with Gasteiger partial charge in [0.25, 0.3) is 0 Å². The zero-order valence-corrected chi connectivity index (χ0v) is 14.3. The highest BCUT2D eigenvalue weighted by Crippen LogP contribution is 2.27. The average molecular weight is 364 g/mol. The molecule has 0 bridgehead atoms. The molecule has 20 heavy (non-hydrogen) atoms. The average Bonchev–Trinajstić information content (AvgIpc) is 2.35. The first kappa shape index (κ1) is 16.1. The molecular formula is C15H22BrClNO2+. The Balaban J connectivity index is 1.71. The first-order valence-electron chi connectivity index (χ1n) is 7.11. The maximum atomic E-state index is 6.12. The lowest BCUT2D eigenvalue weighted by Gasteiger charge is -2.32. The maximum Gasteiger partial charge on any atom is 0.137 e. The second-order valence-corrected chi connectivity index (χ2v) is 6.77. The summed E-state index contributed by atoms with van der Waals surface area (Å²) in [4.78, 5) is 1.60. The van der Waals surface area contributed by atoms with Gasteiger partial charge in [-0.1, -0.05) is 27.5 Å². The van der Waals surface area contributed by atoms with E-state index < -0.39 is 0 Å². The Morgan fingerprint density at radius 1 is 1.35 bits per heavy atom. The van der Waals surface area contributed by atoms with E-state index in [4.69, 9.17) is 21.1 Å². The smallest absolute Gasteiger partial charge is 0.137 e. The van der Waals surface area contributed by atoms with Crippen molar-refractivity contribution in [3.05, 3.63) is 27.7 Å². The molecule has 0 unspecified atom stereocenters. The van der Waals surface area contributed by atoms with Gasteiger partial charge < -0.3 is 14.4 Å². The highest BCUT2D eigenvalue weighted by atomic mass is 79.9. The summed E-state index contributed by atoms with van der Waals surface area (Å²) in [5.74, 6) is 0.758. The number of nitrogens with one attached hydrogen (secondary N) is 1. The van der Waals surface area contributed by atoms with E-state index in [2.05, 4.69) is 29.8 Å². The largest absolute Gasteiger partial charge is 0.492 e. The zero-order valence-electron chi connectivity index (χ0n) is 12.0. The predicted octanol–water partition coefficient (Wildman–Crippen LogP) is 2.56. The van der Waals surface area contributed by atoms with Crippen LogP contribution in [-0.2, 0) is 4.74 Å². The van der Waals surface area contributed by atoms with E-state index in [1.807, 2.05) is 18.2 Å². The number of morpholine rings is 1. The highest BCUT2D eigenvalue weighted by Gasteiger charge is 2.24. The molecule has 0 aliphatic carbocycles. The normalized spacial score (nSPS) is 26.5. The highest BCUT2D eigenvalue weighted by molar-refractivity contribution is 9.10. The summed E-state index contributed by atoms with van der Waals surface area (Å²) in [6.07, 6.45) is 1.74. The van der Waals surface area contributed by atoms with Crippen LogP contribution >= 0.6 is 27.5 Å². The van der Waals surface area contributed by atoms with Crippen molar-refractivity contribution in [3.8, 4) is 5.75 Å². The van der Waals surface area contributed by atoms with Crippen LogP contribution in [-0.4, -0.2) is 38.4 Å². The number of hydrogen-bond acceptors (Lipinski definition) is 2. The predicted molar refractivity (Wildman–Crippen MR) is 84.8 cm³/mol. The molecule has 1 fully saturated rings. The minimum absolute atomic E-state index is 0.357. The lowest BCUT2D eigenvalue weighted by atomic mass is 10.2. The molecular weight excluding hydrogens is 342 g/mol. The Hall–Kier alpha value is -0.290. The van der Waals surface area contributed by atoms with Crippen LogP contribution in [0.2, 0.25) is 5.02 Å². The van der Waals surface area contributed by atoms with Crippen molar-refractivity contribution in [2.24, 2.45) is 0 Å². The van der Waals surface area contributed by atoms with Crippen molar-refractivity contribution >= 4 is 27.5 Å². The second kappa shape index (κ2) is 7.64. The molecule has 5 heteroatoms. The minimum Gasteiger partial charge on any atom is -0.492 e. The van der Waals surface area contributed by atoms with E-state index in [0.29, 0.717) is 23.8 Å². The number of halogens is 2. The number of benzene rings is 1. The van der Waals surface area contributed by atoms with Gasteiger partial charge in [-0.3, -0.25) is 0 Å². The van der Waals surface area contributed by atoms with Gasteiger partial charge in [-0.15, -0.1) is 0 Å². The molecule has 1 saturated heterocycles. The second-order valence-electron chi connectivity index (χ2n) is 5.44. The van der Waals surface area contributed by atoms with Gasteiger partial charge in [-0.25, -0.2) is 0 Å². The van der Waals surface area contributed by atoms with Crippen molar-refractivity contribution in [2.45, 2.75) is 32.5 Å². The fraction of sp³-hybridized carbons (Fsp3) is 0.600. The maximum absolute atomic E-state index is 6.12. The quantitative estimate of drug-likeness (QED) is 0.813. The van der Waals surface area contributed by atoms with Gasteiger partial charge in [0.2, 0.25) is 0 Å². The zero-order chi connectivity index (χ0) is 14.5. The van der Waals surface area contributed by atoms with Gasteiger partial charge in [-0.05, 0) is 32.0 Å². The van der Waals surface area contributed by atoms with Crippen molar-refractivity contribution < 1.29 is 14.4 Å². The third-order valence-corrected chi connectivity index (χ3v) is 4.23. The molecule has 2 rings (SSSR count). The van der Waals surface area contributed by atoms with E-state index in [9.17, 15) is 0 Å². The monoisotopic (exact) mass is 362 g/mol. The minimum atomic E-state index is 0.357. The Kier molecular flexibility index (Phi) is 6.15. The third-order valence-electron chi connectivity index (χ3n) is 3.44. The summed E-state index contributed by atoms with van der Waals surface area (Å²) in [7, 11) is 0. The van der Waals surface area contributed by atoms with Crippen LogP contribution < -0.4 is 9.64 Å². The molecule has 0 radical (unpaired) electrons. The van der Waals surface area contributed by atoms with Gasteiger partial charge in [0.05, 0.1) is 18.2 Å². The lowest BCUT2D eigenvalue weighted by Crippen LogP contribution is -3.15. The molecule has 3 nitrogen and oxygen atoms in total. The summed E-state index contributed by atoms with van der Waals surface area (Å²) in [6, 6.07) is 5.70. The lowest BCUT2D eigenvalue weighted by molar-refractivity contribution is -0.915. The van der Waals surface area contributed by atoms with E-state index >= 15 is 0 Å². The number of hydrogen-bond donors (Lipinski definition) is 1. The fourth-order valence-corrected chi connectivity index (χ4v) is 3.42. The third kappa shape index (κ3) is 4.92. The number of quaternary nitrogens is 1. The molecule has 0 aromatic heterocycles. The van der Waals surface area contributed by atoms with E-state index in [-0.39, 0.29) is 0 Å². The molecule has 112 valence electrons. The first-order chi connectivity index (χ1) is 9.54. The molecule has 1 aliphatic heterocycles. The molecule has 0 spiro atoms. The van der Waals surface area contributed by atoms with E-state index in [1.54, 1.807) is 4.90 Å². The summed E-state index contributed by atoms with van der Waals surface area (Å²) >= 11 is 9.50. The van der Waals surface area contributed by atoms with Crippen LogP contribution in [0.3, 0.4) is 0 Å². The Bertz CT molecular complexity index is 434. The van der Waals surface area contributed by atoms with Crippen LogP contribution in [0.25, 0.3) is 0 Å². The van der Waals surface area contributed by atoms with Crippen molar-refractivity contribution in [2.75, 3.05) is 26.2 Å². The van der Waals surface area contributed by atoms with Crippen molar-refractivity contribution in [1.82, 2.24) is 0 Å². The number of ether oxygens (including phenoxy) is 2. The molecule has 1 aromatic carbocycles. The summed E-state index contributed by atoms with van der Waals surface area (Å²) in [5, 5.41) is 0.653. The van der Waals surface area contributed by atoms with Gasteiger partial charge in [0.15, 0.2) is 0 Å². The fourth-order valence-electron chi connectivity index (χ4n) is 2.69. The van der Waals surface area contributed by atoms with Crippen LogP contribution in [0.5, 0.6) is 5.75 Å². The Morgan fingerprint density at radius 2 is 2.05 bits per heavy atom. The number of rotatable bonds is 5. The molecule has 0 amide bonds. The Morgan fingerprint density at radius 3 is 2.70 bits per heavy atom. The van der Waals surface area contributed by atoms with Gasteiger partial charge in [0.1, 0.15) is 31.0 Å². The van der Waals surface area contributed by atoms with Crippen molar-refractivity contribution in [3.63, 3.8) is 0 Å². The SMILES string of the molecule is C[C@@H]1C[NH+](CCCOc2ccc(Br)cc2Cl)C[C@@H](C)O1. The molecule has 0 saturated carbocycles. The molecule has 1 aromatic rings. The van der Waals surface area contributed by atoms with Gasteiger partial charge in [-0.2, -0.15) is 0 Å². The molecule has 1 aliphatic rings. The van der Waals surface area contributed by atoms with Crippen LogP contribution in [0, 0.1) is 0 Å². The van der Waals surface area contributed by atoms with E-state index in [0.717, 1.165) is 36.3 Å². The van der Waals surface area contributed by atoms with Gasteiger partial charge >= 0.3 is 0 Å². The standard InChI is InChI=1S/C15H21BrClNO2/c1-11-9-18(10-12(2)20-11)6-3-7-19-15-5-4-13(16)8-14(15)17/h4-5,8,11-12H,3,6-7,9-10H2,1-2H3/p+1/t11-,12-/m1/s1. The Labute approximate surface area is 134 Å². The summed E-state index contributed by atoms with van der Waals surface area (Å²) in [6.45, 7) is 8.29. The van der Waals surface area contributed by atoms with Crippen LogP contribution in [0.1, 0.15) is 20.3 Å². The van der Waals surface area contributed by atoms with Crippen LogP contribution in [0.15, 0.2) is 22.7 Å².